The second-order valence-electron chi connectivity index (χ2n) is 19.2. The fourth-order valence-electron chi connectivity index (χ4n) is 11.6. The number of halogens is 12. The topological polar surface area (TPSA) is 0 Å². The molecule has 10 aromatic carbocycles. The maximum atomic E-state index is 14.8. The van der Waals surface area contributed by atoms with E-state index < -0.39 is 54.2 Å². The van der Waals surface area contributed by atoms with Crippen LogP contribution >= 0.6 is 7.26 Å². The molecule has 364 valence electrons. The van der Waals surface area contributed by atoms with Crippen LogP contribution in [0.1, 0.15) is 44.5 Å². The van der Waals surface area contributed by atoms with Crippen LogP contribution in [0.2, 0.25) is 0 Å². The molecule has 0 radical (unpaired) electrons. The molecule has 0 atom stereocenters. The molecule has 10 aromatic rings. The predicted octanol–water partition coefficient (Wildman–Crippen LogP) is 19.8. The second kappa shape index (κ2) is 16.4. The van der Waals surface area contributed by atoms with Crippen molar-refractivity contribution in [3.05, 3.63) is 214 Å². The fourth-order valence-corrected chi connectivity index (χ4v) is 16.3. The zero-order chi connectivity index (χ0) is 51.0. The van der Waals surface area contributed by atoms with Crippen molar-refractivity contribution in [2.75, 3.05) is 0 Å². The van der Waals surface area contributed by atoms with Crippen molar-refractivity contribution >= 4 is 50.4 Å². The van der Waals surface area contributed by atoms with E-state index in [-0.39, 0.29) is 46.7 Å². The highest BCUT2D eigenvalue weighted by Crippen LogP contribution is 2.75. The SMILES string of the molecule is FC(F)(F)c1cc(-c2cc3ccccc3c3c2C[P+]2(Cc4ccc5ccccc5c4-c4c(ccc5ccccc45)C2)Cc2c(-c4cc(C(F)(F)F)cc(C(F)(F)F)c4)cc4ccccc4c2-3)cc(C(F)(F)F)c1. The molecule has 0 unspecified atom stereocenters. The number of hydrogen-bond donors (Lipinski definition) is 0. The Balaban J connectivity index is 1.27. The second-order valence-corrected chi connectivity index (χ2v) is 23.2. The van der Waals surface area contributed by atoms with E-state index in [4.69, 9.17) is 0 Å². The van der Waals surface area contributed by atoms with Crippen LogP contribution < -0.4 is 0 Å². The summed E-state index contributed by atoms with van der Waals surface area (Å²) in [5.74, 6) is 0. The molecular weight excluding hydrogens is 980 g/mol. The Morgan fingerprint density at radius 3 is 0.918 bits per heavy atom. The van der Waals surface area contributed by atoms with Crippen LogP contribution in [0, 0.1) is 0 Å². The Kier molecular flexibility index (Phi) is 10.5. The molecule has 12 rings (SSSR count). The summed E-state index contributed by atoms with van der Waals surface area (Å²) in [4.78, 5) is 0. The zero-order valence-electron chi connectivity index (χ0n) is 38.0. The van der Waals surface area contributed by atoms with Gasteiger partial charge in [-0.1, -0.05) is 121 Å². The summed E-state index contributed by atoms with van der Waals surface area (Å²) in [5.41, 5.74) is -1.04. The summed E-state index contributed by atoms with van der Waals surface area (Å²) in [6, 6.07) is 44.0. The molecule has 73 heavy (non-hydrogen) atoms. The minimum absolute atomic E-state index is 0.0882. The molecular formula is C60H36F12P+. The van der Waals surface area contributed by atoms with E-state index in [9.17, 15) is 52.7 Å². The molecule has 1 spiro atoms. The fraction of sp³-hybridized carbons (Fsp3) is 0.133. The predicted molar refractivity (Wildman–Crippen MR) is 266 cm³/mol. The number of hydrogen-bond acceptors (Lipinski definition) is 0. The van der Waals surface area contributed by atoms with E-state index in [0.717, 1.165) is 68.1 Å². The van der Waals surface area contributed by atoms with Gasteiger partial charge in [0.2, 0.25) is 0 Å². The van der Waals surface area contributed by atoms with Crippen LogP contribution in [-0.4, -0.2) is 0 Å². The van der Waals surface area contributed by atoms with E-state index in [2.05, 4.69) is 0 Å². The van der Waals surface area contributed by atoms with Gasteiger partial charge in [0.05, 0.1) is 46.9 Å². The minimum Gasteiger partial charge on any atom is -0.166 e. The lowest BCUT2D eigenvalue weighted by atomic mass is 9.81. The van der Waals surface area contributed by atoms with Crippen LogP contribution in [0.15, 0.2) is 170 Å². The van der Waals surface area contributed by atoms with Crippen molar-refractivity contribution in [1.82, 2.24) is 0 Å². The molecule has 2 aliphatic heterocycles. The monoisotopic (exact) mass is 1020 g/mol. The first-order valence-electron chi connectivity index (χ1n) is 23.2. The summed E-state index contributed by atoms with van der Waals surface area (Å²) in [6.07, 6.45) is -19.8. The largest absolute Gasteiger partial charge is 0.416 e. The van der Waals surface area contributed by atoms with Gasteiger partial charge in [-0.15, -0.1) is 0 Å². The molecule has 13 heteroatoms. The number of alkyl halides is 12. The average molecular weight is 1020 g/mol. The van der Waals surface area contributed by atoms with Crippen LogP contribution in [-0.2, 0) is 49.4 Å². The normalized spacial score (nSPS) is 14.7. The summed E-state index contributed by atoms with van der Waals surface area (Å²) >= 11 is 0. The van der Waals surface area contributed by atoms with E-state index >= 15 is 0 Å². The van der Waals surface area contributed by atoms with Crippen LogP contribution in [0.5, 0.6) is 0 Å². The Labute approximate surface area is 409 Å². The molecule has 2 aliphatic rings. The third-order valence-electron chi connectivity index (χ3n) is 14.6. The molecule has 0 saturated carbocycles. The highest BCUT2D eigenvalue weighted by molar-refractivity contribution is 7.73. The lowest BCUT2D eigenvalue weighted by molar-refractivity contribution is -0.144. The average Bonchev–Trinajstić information content (AvgIpc) is 3.59. The zero-order valence-corrected chi connectivity index (χ0v) is 38.9. The first-order valence-corrected chi connectivity index (χ1v) is 25.7. The van der Waals surface area contributed by atoms with Gasteiger partial charge >= 0.3 is 24.7 Å². The summed E-state index contributed by atoms with van der Waals surface area (Å²) in [5, 5.41) is 5.79. The molecule has 0 saturated heterocycles. The van der Waals surface area contributed by atoms with Gasteiger partial charge < -0.3 is 0 Å². The number of rotatable bonds is 2. The standard InChI is InChI=1S/C60H36F12P/c61-57(62,63)41-21-39(22-42(27-41)58(64,65)66)49-25-35-11-3-7-15-47(35)55-51(49)31-73(29-37-19-17-33-9-1-5-13-45(33)53(37)54-38(30-73)20-18-34-10-2-6-14-46(34)54)32-52-50(26-36-12-4-8-16-48(36)56(52)55)40-23-43(59(67,68)69)28-44(24-40)60(70,71)72/h1-28H,29-32H2/q+1. The molecule has 0 nitrogen and oxygen atoms in total. The first-order chi connectivity index (χ1) is 34.6. The van der Waals surface area contributed by atoms with Crippen molar-refractivity contribution in [3.63, 3.8) is 0 Å². The number of benzene rings is 10. The molecule has 2 heterocycles. The molecule has 0 N–H and O–H groups in total. The van der Waals surface area contributed by atoms with Gasteiger partial charge in [0, 0.05) is 18.4 Å². The smallest absolute Gasteiger partial charge is 0.166 e. The maximum Gasteiger partial charge on any atom is 0.416 e. The third kappa shape index (κ3) is 8.00. The van der Waals surface area contributed by atoms with Crippen molar-refractivity contribution in [2.24, 2.45) is 0 Å². The quantitative estimate of drug-likeness (QED) is 0.120. The van der Waals surface area contributed by atoms with E-state index in [1.807, 2.05) is 72.8 Å². The van der Waals surface area contributed by atoms with Gasteiger partial charge in [0.1, 0.15) is 0 Å². The van der Waals surface area contributed by atoms with E-state index in [0.29, 0.717) is 56.1 Å². The van der Waals surface area contributed by atoms with Crippen molar-refractivity contribution in [1.29, 1.82) is 0 Å². The highest BCUT2D eigenvalue weighted by Gasteiger charge is 2.48. The minimum atomic E-state index is -5.18. The lowest BCUT2D eigenvalue weighted by Crippen LogP contribution is -2.12. The Hall–Kier alpha value is -7.17. The first kappa shape index (κ1) is 46.9. The van der Waals surface area contributed by atoms with Crippen LogP contribution in [0.4, 0.5) is 52.7 Å². The van der Waals surface area contributed by atoms with Crippen molar-refractivity contribution in [3.8, 4) is 44.5 Å². The van der Waals surface area contributed by atoms with Crippen LogP contribution in [0.25, 0.3) is 87.6 Å². The maximum absolute atomic E-state index is 14.8. The van der Waals surface area contributed by atoms with Gasteiger partial charge in [-0.05, 0) is 147 Å². The van der Waals surface area contributed by atoms with Gasteiger partial charge in [0.15, 0.2) is 0 Å². The van der Waals surface area contributed by atoms with Crippen molar-refractivity contribution in [2.45, 2.75) is 49.4 Å². The Bertz CT molecular complexity index is 3610. The van der Waals surface area contributed by atoms with Gasteiger partial charge in [-0.3, -0.25) is 0 Å². The summed E-state index contributed by atoms with van der Waals surface area (Å²) in [7, 11) is -2.97. The lowest BCUT2D eigenvalue weighted by Gasteiger charge is -2.28. The molecule has 0 aromatic heterocycles. The van der Waals surface area contributed by atoms with E-state index in [1.54, 1.807) is 60.7 Å². The Morgan fingerprint density at radius 1 is 0.288 bits per heavy atom. The summed E-state index contributed by atoms with van der Waals surface area (Å²) in [6.45, 7) is 0. The molecule has 0 fully saturated rings. The van der Waals surface area contributed by atoms with E-state index in [1.165, 1.54) is 0 Å². The van der Waals surface area contributed by atoms with Gasteiger partial charge in [-0.2, -0.15) is 52.7 Å². The molecule has 0 bridgehead atoms. The number of fused-ring (bicyclic) bond motifs is 14. The molecule has 0 amide bonds. The van der Waals surface area contributed by atoms with Gasteiger partial charge in [0.25, 0.3) is 0 Å². The van der Waals surface area contributed by atoms with Gasteiger partial charge in [-0.25, -0.2) is 0 Å². The third-order valence-corrected chi connectivity index (χ3v) is 18.6. The highest BCUT2D eigenvalue weighted by atomic mass is 31.2. The summed E-state index contributed by atoms with van der Waals surface area (Å²) < 4.78 is 178. The molecule has 0 aliphatic carbocycles. The van der Waals surface area contributed by atoms with Crippen molar-refractivity contribution < 1.29 is 52.7 Å². The Morgan fingerprint density at radius 2 is 0.589 bits per heavy atom. The van der Waals surface area contributed by atoms with Crippen LogP contribution in [0.3, 0.4) is 0 Å².